The molecule has 1 aromatic rings. The van der Waals surface area contributed by atoms with E-state index in [4.69, 9.17) is 9.15 Å². The zero-order valence-electron chi connectivity index (χ0n) is 11.6. The number of hydrogen-bond donors (Lipinski definition) is 0. The van der Waals surface area contributed by atoms with Crippen LogP contribution in [0.2, 0.25) is 0 Å². The number of esters is 1. The maximum absolute atomic E-state index is 12.6. The highest BCUT2D eigenvalue weighted by atomic mass is 32.2. The molecule has 112 valence electrons. The Morgan fingerprint density at radius 1 is 1.50 bits per heavy atom. The molecule has 7 heteroatoms. The third-order valence-corrected chi connectivity index (χ3v) is 6.09. The van der Waals surface area contributed by atoms with Gasteiger partial charge in [-0.1, -0.05) is 6.42 Å². The minimum atomic E-state index is -3.53. The molecule has 2 atom stereocenters. The van der Waals surface area contributed by atoms with Crippen LogP contribution in [-0.4, -0.2) is 38.1 Å². The number of carbonyl (C=O) groups excluding carboxylic acids is 1. The van der Waals surface area contributed by atoms with Crippen LogP contribution < -0.4 is 0 Å². The fraction of sp³-hybridized carbons (Fsp3) is 0.615. The van der Waals surface area contributed by atoms with Crippen LogP contribution in [0.3, 0.4) is 0 Å². The molecule has 1 heterocycles. The lowest BCUT2D eigenvalue weighted by Crippen LogP contribution is -2.40. The van der Waals surface area contributed by atoms with Crippen molar-refractivity contribution in [3.63, 3.8) is 0 Å². The van der Waals surface area contributed by atoms with Gasteiger partial charge in [0.15, 0.2) is 0 Å². The topological polar surface area (TPSA) is 76.8 Å². The summed E-state index contributed by atoms with van der Waals surface area (Å²) in [5.74, 6) is -0.996. The van der Waals surface area contributed by atoms with Crippen molar-refractivity contribution in [2.75, 3.05) is 14.2 Å². The van der Waals surface area contributed by atoms with Crippen molar-refractivity contribution in [3.8, 4) is 0 Å². The lowest BCUT2D eigenvalue weighted by Gasteiger charge is -2.24. The Labute approximate surface area is 118 Å². The molecule has 20 heavy (non-hydrogen) atoms. The predicted molar refractivity (Wildman–Crippen MR) is 72.2 cm³/mol. The second-order valence-electron chi connectivity index (χ2n) is 5.03. The summed E-state index contributed by atoms with van der Waals surface area (Å²) in [4.78, 5) is 11.7. The molecule has 0 saturated heterocycles. The first-order valence-corrected chi connectivity index (χ1v) is 8.01. The van der Waals surface area contributed by atoms with Gasteiger partial charge in [-0.25, -0.2) is 12.7 Å². The summed E-state index contributed by atoms with van der Waals surface area (Å²) in [5, 5.41) is -0.688. The first-order chi connectivity index (χ1) is 9.46. The van der Waals surface area contributed by atoms with E-state index in [1.807, 2.05) is 0 Å². The summed E-state index contributed by atoms with van der Waals surface area (Å²) >= 11 is 0. The second-order valence-corrected chi connectivity index (χ2v) is 7.29. The fourth-order valence-electron chi connectivity index (χ4n) is 2.66. The van der Waals surface area contributed by atoms with Crippen LogP contribution in [0.5, 0.6) is 0 Å². The van der Waals surface area contributed by atoms with Gasteiger partial charge in [-0.15, -0.1) is 0 Å². The van der Waals surface area contributed by atoms with Crippen molar-refractivity contribution in [1.82, 2.24) is 4.31 Å². The summed E-state index contributed by atoms with van der Waals surface area (Å²) in [6, 6.07) is 1.72. The third kappa shape index (κ3) is 2.88. The van der Waals surface area contributed by atoms with E-state index in [1.165, 1.54) is 31.0 Å². The molecule has 1 aromatic heterocycles. The van der Waals surface area contributed by atoms with Gasteiger partial charge in [-0.2, -0.15) is 0 Å². The summed E-state index contributed by atoms with van der Waals surface area (Å²) in [5.41, 5.74) is 0.781. The van der Waals surface area contributed by atoms with Crippen molar-refractivity contribution < 1.29 is 22.4 Å². The van der Waals surface area contributed by atoms with Gasteiger partial charge in [0, 0.05) is 19.2 Å². The Hall–Kier alpha value is -1.34. The van der Waals surface area contributed by atoms with Crippen molar-refractivity contribution in [2.45, 2.75) is 31.1 Å². The van der Waals surface area contributed by atoms with Crippen molar-refractivity contribution >= 4 is 16.0 Å². The highest BCUT2D eigenvalue weighted by Crippen LogP contribution is 2.33. The van der Waals surface area contributed by atoms with Crippen LogP contribution in [0.15, 0.2) is 23.0 Å². The Morgan fingerprint density at radius 2 is 2.25 bits per heavy atom. The van der Waals surface area contributed by atoms with Crippen LogP contribution in [0.1, 0.15) is 24.8 Å². The minimum absolute atomic E-state index is 0.239. The van der Waals surface area contributed by atoms with E-state index < -0.39 is 27.2 Å². The lowest BCUT2D eigenvalue weighted by atomic mass is 10.1. The number of hydrogen-bond acceptors (Lipinski definition) is 5. The number of ether oxygens (including phenoxy) is 1. The number of carbonyl (C=O) groups is 1. The molecule has 0 amide bonds. The van der Waals surface area contributed by atoms with Crippen molar-refractivity contribution in [1.29, 1.82) is 0 Å². The van der Waals surface area contributed by atoms with Gasteiger partial charge in [0.25, 0.3) is 0 Å². The molecular weight excluding hydrogens is 282 g/mol. The molecule has 0 aromatic carbocycles. The van der Waals surface area contributed by atoms with Gasteiger partial charge in [-0.05, 0) is 18.9 Å². The smallest absolute Gasteiger partial charge is 0.310 e. The molecular formula is C13H19NO5S. The molecule has 0 N–H and O–H groups in total. The molecule has 6 nitrogen and oxygen atoms in total. The molecule has 0 spiro atoms. The quantitative estimate of drug-likeness (QED) is 0.768. The van der Waals surface area contributed by atoms with Gasteiger partial charge in [0.2, 0.25) is 10.0 Å². The summed E-state index contributed by atoms with van der Waals surface area (Å²) in [6.07, 6.45) is 4.80. The van der Waals surface area contributed by atoms with Crippen molar-refractivity contribution in [3.05, 3.63) is 24.2 Å². The first kappa shape index (κ1) is 15.1. The number of nitrogens with zero attached hydrogens (tertiary/aromatic N) is 1. The monoisotopic (exact) mass is 301 g/mol. The second kappa shape index (κ2) is 5.97. The molecule has 2 rings (SSSR count). The maximum atomic E-state index is 12.6. The first-order valence-electron chi connectivity index (χ1n) is 6.51. The molecule has 1 aliphatic rings. The van der Waals surface area contributed by atoms with Crippen LogP contribution in [0, 0.1) is 5.92 Å². The average Bonchev–Trinajstić information content (AvgIpc) is 3.08. The molecule has 0 aliphatic heterocycles. The Bertz CT molecular complexity index is 551. The van der Waals surface area contributed by atoms with Gasteiger partial charge in [0.05, 0.1) is 30.8 Å². The molecule has 1 aliphatic carbocycles. The van der Waals surface area contributed by atoms with E-state index in [2.05, 4.69) is 0 Å². The molecule has 1 saturated carbocycles. The standard InChI is InChI=1S/C13H19NO5S/c1-14(8-10-6-7-19-9-10)20(16,17)12-5-3-4-11(12)13(15)18-2/h6-7,9,11-12H,3-5,8H2,1-2H3. The molecule has 0 radical (unpaired) electrons. The Morgan fingerprint density at radius 3 is 2.85 bits per heavy atom. The van der Waals surface area contributed by atoms with Gasteiger partial charge in [-0.3, -0.25) is 4.79 Å². The molecule has 0 bridgehead atoms. The van der Waals surface area contributed by atoms with E-state index >= 15 is 0 Å². The fourth-order valence-corrected chi connectivity index (χ4v) is 4.58. The highest BCUT2D eigenvalue weighted by molar-refractivity contribution is 7.89. The number of rotatable bonds is 5. The van der Waals surface area contributed by atoms with Crippen LogP contribution >= 0.6 is 0 Å². The predicted octanol–water partition coefficient (Wildman–Crippen LogP) is 1.38. The normalized spacial score (nSPS) is 23.1. The SMILES string of the molecule is COC(=O)C1CCCC1S(=O)(=O)N(C)Cc1ccoc1. The van der Waals surface area contributed by atoms with Crippen LogP contribution in [0.25, 0.3) is 0 Å². The van der Waals surface area contributed by atoms with E-state index in [-0.39, 0.29) is 6.54 Å². The zero-order valence-corrected chi connectivity index (χ0v) is 12.4. The van der Waals surface area contributed by atoms with Gasteiger partial charge >= 0.3 is 5.97 Å². The lowest BCUT2D eigenvalue weighted by molar-refractivity contribution is -0.145. The summed E-state index contributed by atoms with van der Waals surface area (Å²) < 4.78 is 36.1. The largest absolute Gasteiger partial charge is 0.472 e. The van der Waals surface area contributed by atoms with Gasteiger partial charge < -0.3 is 9.15 Å². The van der Waals surface area contributed by atoms with Crippen molar-refractivity contribution in [2.24, 2.45) is 5.92 Å². The van der Waals surface area contributed by atoms with E-state index in [0.29, 0.717) is 12.8 Å². The van der Waals surface area contributed by atoms with E-state index in [1.54, 1.807) is 6.07 Å². The zero-order chi connectivity index (χ0) is 14.8. The molecule has 1 fully saturated rings. The average molecular weight is 301 g/mol. The third-order valence-electron chi connectivity index (χ3n) is 3.76. The Kier molecular flexibility index (Phi) is 4.49. The molecule has 2 unspecified atom stereocenters. The van der Waals surface area contributed by atoms with Crippen LogP contribution in [0.4, 0.5) is 0 Å². The number of furan rings is 1. The number of methoxy groups -OCH3 is 1. The summed E-state index contributed by atoms with van der Waals surface area (Å²) in [6.45, 7) is 0.239. The van der Waals surface area contributed by atoms with E-state index in [9.17, 15) is 13.2 Å². The van der Waals surface area contributed by atoms with E-state index in [0.717, 1.165) is 12.0 Å². The number of sulfonamides is 1. The summed E-state index contributed by atoms with van der Waals surface area (Å²) in [7, 11) is -0.714. The van der Waals surface area contributed by atoms with Gasteiger partial charge in [0.1, 0.15) is 0 Å². The van der Waals surface area contributed by atoms with Crippen LogP contribution in [-0.2, 0) is 26.1 Å². The highest BCUT2D eigenvalue weighted by Gasteiger charge is 2.43. The minimum Gasteiger partial charge on any atom is -0.472 e. The maximum Gasteiger partial charge on any atom is 0.310 e. The Balaban J connectivity index is 2.14.